The summed E-state index contributed by atoms with van der Waals surface area (Å²) in [7, 11) is 1.96. The van der Waals surface area contributed by atoms with Gasteiger partial charge < -0.3 is 14.7 Å². The molecule has 3 heterocycles. The van der Waals surface area contributed by atoms with Gasteiger partial charge >= 0.3 is 0 Å². The van der Waals surface area contributed by atoms with E-state index in [1.165, 1.54) is 0 Å². The number of aromatic nitrogens is 2. The molecule has 3 aromatic rings. The summed E-state index contributed by atoms with van der Waals surface area (Å²) in [5.41, 5.74) is 1.70. The van der Waals surface area contributed by atoms with Crippen molar-refractivity contribution < 1.29 is 4.79 Å². The number of amides is 1. The third-order valence-corrected chi connectivity index (χ3v) is 5.02. The lowest BCUT2D eigenvalue weighted by molar-refractivity contribution is 0.0746. The monoisotopic (exact) mass is 373 g/mol. The molecule has 0 bridgehead atoms. The Hall–Kier alpha value is -3.41. The van der Waals surface area contributed by atoms with Crippen molar-refractivity contribution in [1.82, 2.24) is 14.9 Å². The van der Waals surface area contributed by atoms with Gasteiger partial charge in [-0.2, -0.15) is 0 Å². The molecule has 1 fully saturated rings. The van der Waals surface area contributed by atoms with E-state index in [0.717, 1.165) is 30.4 Å². The second kappa shape index (κ2) is 8.08. The molecule has 0 radical (unpaired) electrons. The maximum Gasteiger partial charge on any atom is 0.254 e. The molecule has 1 amide bonds. The van der Waals surface area contributed by atoms with E-state index in [-0.39, 0.29) is 5.91 Å². The minimum absolute atomic E-state index is 0.0470. The Bertz CT molecular complexity index is 924. The van der Waals surface area contributed by atoms with Crippen molar-refractivity contribution in [3.63, 3.8) is 0 Å². The first-order valence-electron chi connectivity index (χ1n) is 9.42. The molecule has 0 unspecified atom stereocenters. The first kappa shape index (κ1) is 18.0. The lowest BCUT2D eigenvalue weighted by Gasteiger charge is -2.35. The van der Waals surface area contributed by atoms with Crippen LogP contribution in [0.1, 0.15) is 10.4 Å². The molecule has 1 saturated heterocycles. The maximum absolute atomic E-state index is 13.0. The van der Waals surface area contributed by atoms with Crippen LogP contribution in [0, 0.1) is 0 Å². The second-order valence-electron chi connectivity index (χ2n) is 6.76. The van der Waals surface area contributed by atoms with E-state index in [0.29, 0.717) is 18.7 Å². The summed E-state index contributed by atoms with van der Waals surface area (Å²) in [5.74, 6) is 1.76. The number of pyridine rings is 2. The van der Waals surface area contributed by atoms with Gasteiger partial charge in [-0.25, -0.2) is 9.97 Å². The van der Waals surface area contributed by atoms with Gasteiger partial charge in [0.25, 0.3) is 5.91 Å². The molecule has 6 nitrogen and oxygen atoms in total. The van der Waals surface area contributed by atoms with Crippen LogP contribution in [0.15, 0.2) is 73.1 Å². The number of carbonyl (C=O) groups is 1. The van der Waals surface area contributed by atoms with Crippen molar-refractivity contribution in [3.05, 3.63) is 78.6 Å². The smallest absolute Gasteiger partial charge is 0.254 e. The fourth-order valence-electron chi connectivity index (χ4n) is 3.38. The molecule has 0 atom stereocenters. The molecule has 142 valence electrons. The largest absolute Gasteiger partial charge is 0.353 e. The quantitative estimate of drug-likeness (QED) is 0.703. The number of piperazine rings is 1. The van der Waals surface area contributed by atoms with E-state index in [1.54, 1.807) is 18.5 Å². The molecule has 0 spiro atoms. The third-order valence-electron chi connectivity index (χ3n) is 5.02. The summed E-state index contributed by atoms with van der Waals surface area (Å²) in [6.07, 6.45) is 3.50. The lowest BCUT2D eigenvalue weighted by atomic mass is 10.2. The number of carbonyl (C=O) groups excluding carboxylic acids is 1. The number of hydrogen-bond donors (Lipinski definition) is 0. The molecule has 2 aromatic heterocycles. The third kappa shape index (κ3) is 3.81. The molecule has 1 aliphatic rings. The molecule has 0 aliphatic carbocycles. The van der Waals surface area contributed by atoms with Crippen molar-refractivity contribution in [2.24, 2.45) is 0 Å². The number of anilines is 3. The standard InChI is InChI=1S/C22H23N5O/c1-25(19-7-3-2-4-8-19)21-17-18(10-12-24-21)22(28)27-15-13-26(14-16-27)20-9-5-6-11-23-20/h2-12,17H,13-16H2,1H3. The minimum Gasteiger partial charge on any atom is -0.353 e. The van der Waals surface area contributed by atoms with E-state index in [4.69, 9.17) is 0 Å². The molecule has 28 heavy (non-hydrogen) atoms. The SMILES string of the molecule is CN(c1ccccc1)c1cc(C(=O)N2CCN(c3ccccn3)CC2)ccn1. The van der Waals surface area contributed by atoms with Gasteiger partial charge in [-0.1, -0.05) is 24.3 Å². The van der Waals surface area contributed by atoms with Crippen LogP contribution in [0.2, 0.25) is 0 Å². The Morgan fingerprint density at radius 1 is 0.893 bits per heavy atom. The Labute approximate surface area is 165 Å². The van der Waals surface area contributed by atoms with Crippen molar-refractivity contribution in [2.45, 2.75) is 0 Å². The average molecular weight is 373 g/mol. The summed E-state index contributed by atoms with van der Waals surface area (Å²) in [6.45, 7) is 2.93. The van der Waals surface area contributed by atoms with Crippen LogP contribution in [0.4, 0.5) is 17.3 Å². The molecule has 0 N–H and O–H groups in total. The van der Waals surface area contributed by atoms with Gasteiger partial charge in [-0.15, -0.1) is 0 Å². The van der Waals surface area contributed by atoms with E-state index in [1.807, 2.05) is 71.4 Å². The van der Waals surface area contributed by atoms with Crippen LogP contribution in [-0.2, 0) is 0 Å². The highest BCUT2D eigenvalue weighted by atomic mass is 16.2. The minimum atomic E-state index is 0.0470. The summed E-state index contributed by atoms with van der Waals surface area (Å²) in [6, 6.07) is 19.6. The van der Waals surface area contributed by atoms with E-state index in [2.05, 4.69) is 14.9 Å². The lowest BCUT2D eigenvalue weighted by Crippen LogP contribution is -2.49. The van der Waals surface area contributed by atoms with Crippen LogP contribution in [0.5, 0.6) is 0 Å². The van der Waals surface area contributed by atoms with Crippen molar-refractivity contribution in [3.8, 4) is 0 Å². The molecular weight excluding hydrogens is 350 g/mol. The van der Waals surface area contributed by atoms with Gasteiger partial charge in [-0.3, -0.25) is 4.79 Å². The molecule has 1 aliphatic heterocycles. The normalized spacial score (nSPS) is 14.0. The van der Waals surface area contributed by atoms with Gasteiger partial charge in [0.05, 0.1) is 0 Å². The maximum atomic E-state index is 13.0. The number of hydrogen-bond acceptors (Lipinski definition) is 5. The van der Waals surface area contributed by atoms with Crippen molar-refractivity contribution in [1.29, 1.82) is 0 Å². The van der Waals surface area contributed by atoms with Crippen LogP contribution in [0.3, 0.4) is 0 Å². The Morgan fingerprint density at radius 3 is 2.36 bits per heavy atom. The van der Waals surface area contributed by atoms with E-state index < -0.39 is 0 Å². The Balaban J connectivity index is 1.44. The second-order valence-corrected chi connectivity index (χ2v) is 6.76. The zero-order valence-electron chi connectivity index (χ0n) is 15.9. The van der Waals surface area contributed by atoms with Crippen molar-refractivity contribution >= 4 is 23.2 Å². The van der Waals surface area contributed by atoms with Crippen molar-refractivity contribution in [2.75, 3.05) is 43.0 Å². The summed E-state index contributed by atoms with van der Waals surface area (Å²) < 4.78 is 0. The van der Waals surface area contributed by atoms with Gasteiger partial charge in [-0.05, 0) is 36.4 Å². The van der Waals surface area contributed by atoms with Gasteiger partial charge in [0.1, 0.15) is 11.6 Å². The van der Waals surface area contributed by atoms with E-state index in [9.17, 15) is 4.79 Å². The highest BCUT2D eigenvalue weighted by Gasteiger charge is 2.23. The summed E-state index contributed by atoms with van der Waals surface area (Å²) >= 11 is 0. The topological polar surface area (TPSA) is 52.6 Å². The van der Waals surface area contributed by atoms with Crippen LogP contribution >= 0.6 is 0 Å². The predicted molar refractivity (Wildman–Crippen MR) is 111 cm³/mol. The van der Waals surface area contributed by atoms with Crippen LogP contribution in [0.25, 0.3) is 0 Å². The highest BCUT2D eigenvalue weighted by molar-refractivity contribution is 5.95. The van der Waals surface area contributed by atoms with Gasteiger partial charge in [0, 0.05) is 56.9 Å². The number of benzene rings is 1. The highest BCUT2D eigenvalue weighted by Crippen LogP contribution is 2.22. The Kier molecular flexibility index (Phi) is 5.19. The van der Waals surface area contributed by atoms with Gasteiger partial charge in [0.2, 0.25) is 0 Å². The fraction of sp³-hybridized carbons (Fsp3) is 0.227. The van der Waals surface area contributed by atoms with Crippen LogP contribution in [-0.4, -0.2) is 54.0 Å². The fourth-order valence-corrected chi connectivity index (χ4v) is 3.38. The molecule has 6 heteroatoms. The van der Waals surface area contributed by atoms with Crippen LogP contribution < -0.4 is 9.80 Å². The molecule has 1 aromatic carbocycles. The number of rotatable bonds is 4. The molecular formula is C22H23N5O. The zero-order valence-corrected chi connectivity index (χ0v) is 15.9. The summed E-state index contributed by atoms with van der Waals surface area (Å²) in [5, 5.41) is 0. The Morgan fingerprint density at radius 2 is 1.64 bits per heavy atom. The van der Waals surface area contributed by atoms with E-state index >= 15 is 0 Å². The van der Waals surface area contributed by atoms with Gasteiger partial charge in [0.15, 0.2) is 0 Å². The predicted octanol–water partition coefficient (Wildman–Crippen LogP) is 3.21. The first-order valence-corrected chi connectivity index (χ1v) is 9.42. The zero-order chi connectivity index (χ0) is 19.3. The molecule has 4 rings (SSSR count). The number of nitrogens with zero attached hydrogens (tertiary/aromatic N) is 5. The average Bonchev–Trinajstić information content (AvgIpc) is 2.79. The summed E-state index contributed by atoms with van der Waals surface area (Å²) in [4.78, 5) is 27.9. The molecule has 0 saturated carbocycles. The number of para-hydroxylation sites is 1. The first-order chi connectivity index (χ1) is 13.7.